The maximum absolute atomic E-state index is 12.1. The number of hydrogen-bond donors (Lipinski definition) is 1. The summed E-state index contributed by atoms with van der Waals surface area (Å²) in [5.74, 6) is -1.38. The molecule has 0 unspecified atom stereocenters. The molecular weight excluding hydrogens is 302 g/mol. The number of anilines is 1. The molecule has 0 spiro atoms. The minimum Gasteiger partial charge on any atom is -0.463 e. The number of alkyl halides is 2. The van der Waals surface area contributed by atoms with Crippen LogP contribution in [0, 0.1) is 10.1 Å². The molecule has 0 bridgehead atoms. The molecule has 2 rings (SSSR count). The van der Waals surface area contributed by atoms with Crippen LogP contribution in [0.1, 0.15) is 11.5 Å². The summed E-state index contributed by atoms with van der Waals surface area (Å²) in [7, 11) is 0. The van der Waals surface area contributed by atoms with Gasteiger partial charge in [0.2, 0.25) is 0 Å². The van der Waals surface area contributed by atoms with Crippen molar-refractivity contribution in [2.45, 2.75) is 18.1 Å². The summed E-state index contributed by atoms with van der Waals surface area (Å²) in [6.45, 7) is 0.240. The average molecular weight is 314 g/mol. The Bertz CT molecular complexity index is 619. The van der Waals surface area contributed by atoms with E-state index in [1.165, 1.54) is 6.07 Å². The molecule has 0 atom stereocenters. The Morgan fingerprint density at radius 3 is 2.67 bits per heavy atom. The highest BCUT2D eigenvalue weighted by atomic mass is 32.2. The molecule has 0 saturated carbocycles. The van der Waals surface area contributed by atoms with Crippen molar-refractivity contribution in [3.05, 3.63) is 58.0 Å². The molecule has 0 aliphatic heterocycles. The van der Waals surface area contributed by atoms with E-state index in [-0.39, 0.29) is 18.0 Å². The van der Waals surface area contributed by atoms with Crippen molar-refractivity contribution < 1.29 is 18.1 Å². The number of thioether (sulfide) groups is 1. The average Bonchev–Trinajstić information content (AvgIpc) is 2.91. The van der Waals surface area contributed by atoms with Gasteiger partial charge in [-0.3, -0.25) is 10.1 Å². The van der Waals surface area contributed by atoms with Crippen LogP contribution in [0.2, 0.25) is 0 Å². The Morgan fingerprint density at radius 2 is 1.95 bits per heavy atom. The summed E-state index contributed by atoms with van der Waals surface area (Å²) in [6, 6.07) is 9.52. The topological polar surface area (TPSA) is 68.3 Å². The molecule has 0 saturated heterocycles. The summed E-state index contributed by atoms with van der Waals surface area (Å²) < 4.78 is 29.5. The molecule has 8 heteroatoms. The first-order valence-electron chi connectivity index (χ1n) is 6.01. The van der Waals surface area contributed by atoms with Gasteiger partial charge in [0.15, 0.2) is 0 Å². The third-order valence-corrected chi connectivity index (χ3v) is 3.33. The first-order chi connectivity index (χ1) is 10.1. The highest BCUT2D eigenvalue weighted by Gasteiger charge is 2.12. The van der Waals surface area contributed by atoms with Crippen molar-refractivity contribution in [1.29, 1.82) is 0 Å². The maximum atomic E-state index is 12.1. The van der Waals surface area contributed by atoms with Crippen LogP contribution in [-0.2, 0) is 12.3 Å². The summed E-state index contributed by atoms with van der Waals surface area (Å²) in [5.41, 5.74) is 0.347. The lowest BCUT2D eigenvalue weighted by Gasteiger charge is -2.05. The Hall–Kier alpha value is -2.09. The van der Waals surface area contributed by atoms with Crippen molar-refractivity contribution in [3.8, 4) is 0 Å². The lowest BCUT2D eigenvalue weighted by atomic mass is 10.2. The van der Waals surface area contributed by atoms with E-state index in [4.69, 9.17) is 4.42 Å². The minimum absolute atomic E-state index is 0.0301. The number of nitro benzene ring substituents is 1. The maximum Gasteiger partial charge on any atom is 0.292 e. The molecule has 112 valence electrons. The van der Waals surface area contributed by atoms with Gasteiger partial charge in [-0.2, -0.15) is 8.78 Å². The van der Waals surface area contributed by atoms with Crippen LogP contribution >= 0.6 is 11.8 Å². The Morgan fingerprint density at radius 1 is 1.24 bits per heavy atom. The number of nitro groups is 1. The summed E-state index contributed by atoms with van der Waals surface area (Å²) >= 11 is 0.482. The van der Waals surface area contributed by atoms with Crippen molar-refractivity contribution in [2.24, 2.45) is 0 Å². The second-order valence-electron chi connectivity index (χ2n) is 4.07. The molecule has 1 aromatic carbocycles. The van der Waals surface area contributed by atoms with Gasteiger partial charge < -0.3 is 9.73 Å². The monoisotopic (exact) mass is 314 g/mol. The van der Waals surface area contributed by atoms with Gasteiger partial charge in [0, 0.05) is 6.07 Å². The van der Waals surface area contributed by atoms with E-state index in [1.807, 2.05) is 0 Å². The quantitative estimate of drug-likeness (QED) is 0.611. The SMILES string of the molecule is O=[N+]([O-])c1ccccc1NCc1ccc(CSC(F)F)o1. The Kier molecular flexibility index (Phi) is 5.15. The number of nitrogens with zero attached hydrogens (tertiary/aromatic N) is 1. The van der Waals surface area contributed by atoms with Gasteiger partial charge in [0.1, 0.15) is 17.2 Å². The Balaban J connectivity index is 1.96. The second-order valence-corrected chi connectivity index (χ2v) is 5.05. The van der Waals surface area contributed by atoms with Gasteiger partial charge in [-0.25, -0.2) is 0 Å². The lowest BCUT2D eigenvalue weighted by Crippen LogP contribution is -2.01. The zero-order chi connectivity index (χ0) is 15.2. The van der Waals surface area contributed by atoms with E-state index in [9.17, 15) is 18.9 Å². The highest BCUT2D eigenvalue weighted by Crippen LogP contribution is 2.25. The molecule has 1 aromatic heterocycles. The number of benzene rings is 1. The fourth-order valence-electron chi connectivity index (χ4n) is 1.70. The van der Waals surface area contributed by atoms with Crippen molar-refractivity contribution in [2.75, 3.05) is 5.32 Å². The number of hydrogen-bond acceptors (Lipinski definition) is 5. The number of halogens is 2. The van der Waals surface area contributed by atoms with Crippen LogP contribution in [0.5, 0.6) is 0 Å². The molecule has 0 aliphatic rings. The van der Waals surface area contributed by atoms with E-state index in [2.05, 4.69) is 5.32 Å². The first kappa shape index (κ1) is 15.3. The van der Waals surface area contributed by atoms with Crippen molar-refractivity contribution in [1.82, 2.24) is 0 Å². The molecule has 0 fully saturated rings. The second kappa shape index (κ2) is 7.07. The van der Waals surface area contributed by atoms with E-state index in [1.54, 1.807) is 30.3 Å². The van der Waals surface area contributed by atoms with Crippen molar-refractivity contribution in [3.63, 3.8) is 0 Å². The van der Waals surface area contributed by atoms with Crippen LogP contribution in [0.3, 0.4) is 0 Å². The van der Waals surface area contributed by atoms with Crippen LogP contribution < -0.4 is 5.32 Å². The third kappa shape index (κ3) is 4.45. The lowest BCUT2D eigenvalue weighted by molar-refractivity contribution is -0.384. The molecule has 21 heavy (non-hydrogen) atoms. The van der Waals surface area contributed by atoms with Crippen LogP contribution in [0.25, 0.3) is 0 Å². The van der Waals surface area contributed by atoms with Crippen LogP contribution in [0.15, 0.2) is 40.8 Å². The normalized spacial score (nSPS) is 10.8. The number of para-hydroxylation sites is 2. The van der Waals surface area contributed by atoms with Crippen molar-refractivity contribution >= 4 is 23.1 Å². The molecule has 0 radical (unpaired) electrons. The van der Waals surface area contributed by atoms with Gasteiger partial charge in [0.05, 0.1) is 17.2 Å². The zero-order valence-electron chi connectivity index (χ0n) is 10.8. The molecule has 2 aromatic rings. The zero-order valence-corrected chi connectivity index (χ0v) is 11.6. The van der Waals surface area contributed by atoms with Crippen LogP contribution in [-0.4, -0.2) is 10.7 Å². The molecular formula is C13H12F2N2O3S. The van der Waals surface area contributed by atoms with Gasteiger partial charge in [-0.05, 0) is 18.2 Å². The van der Waals surface area contributed by atoms with E-state index < -0.39 is 10.7 Å². The smallest absolute Gasteiger partial charge is 0.292 e. The van der Waals surface area contributed by atoms with Gasteiger partial charge >= 0.3 is 0 Å². The highest BCUT2D eigenvalue weighted by molar-refractivity contribution is 7.98. The fourth-order valence-corrected chi connectivity index (χ4v) is 2.15. The van der Waals surface area contributed by atoms with E-state index in [0.29, 0.717) is 29.0 Å². The molecule has 1 heterocycles. The summed E-state index contributed by atoms with van der Waals surface area (Å²) in [5, 5.41) is 13.8. The number of nitrogens with one attached hydrogen (secondary N) is 1. The number of rotatable bonds is 7. The summed E-state index contributed by atoms with van der Waals surface area (Å²) in [6.07, 6.45) is 0. The Labute approximate surface area is 123 Å². The van der Waals surface area contributed by atoms with Crippen LogP contribution in [0.4, 0.5) is 20.2 Å². The third-order valence-electron chi connectivity index (χ3n) is 2.62. The first-order valence-corrected chi connectivity index (χ1v) is 7.06. The summed E-state index contributed by atoms with van der Waals surface area (Å²) in [4.78, 5) is 10.4. The van der Waals surface area contributed by atoms with E-state index >= 15 is 0 Å². The van der Waals surface area contributed by atoms with Gasteiger partial charge in [0.25, 0.3) is 11.4 Å². The number of furan rings is 1. The standard InChI is InChI=1S/C13H12F2N2O3S/c14-13(15)21-8-10-6-5-9(20-10)7-16-11-3-1-2-4-12(11)17(18)19/h1-6,13,16H,7-8H2. The molecule has 0 amide bonds. The largest absolute Gasteiger partial charge is 0.463 e. The molecule has 5 nitrogen and oxygen atoms in total. The van der Waals surface area contributed by atoms with E-state index in [0.717, 1.165) is 0 Å². The fraction of sp³-hybridized carbons (Fsp3) is 0.231. The van der Waals surface area contributed by atoms with Gasteiger partial charge in [-0.1, -0.05) is 23.9 Å². The molecule has 1 N–H and O–H groups in total. The molecule has 0 aliphatic carbocycles. The predicted molar refractivity (Wildman–Crippen MR) is 76.4 cm³/mol. The predicted octanol–water partition coefficient (Wildman–Crippen LogP) is 4.26. The van der Waals surface area contributed by atoms with Gasteiger partial charge in [-0.15, -0.1) is 0 Å². The minimum atomic E-state index is -2.44.